The third kappa shape index (κ3) is 6.96. The first-order valence-electron chi connectivity index (χ1n) is 18.2. The molecule has 1 saturated carbocycles. The third-order valence-electron chi connectivity index (χ3n) is 10.5. The Hall–Kier alpha value is -5.32. The molecule has 3 aromatic carbocycles. The molecule has 11 nitrogen and oxygen atoms in total. The van der Waals surface area contributed by atoms with E-state index in [-0.39, 0.29) is 49.7 Å². The number of amides is 3. The second kappa shape index (κ2) is 14.7. The molecule has 3 N–H and O–H groups in total. The SMILES string of the molecule is COC(=O)[C@@H]1Cc2c([nH]c3cc(OC)ccc23)[C@H](CC(C)C)N1C(=O)[C@H](CCC(=O)NC1CC1)NC(=O)OCC1c2ccccc2-c2ccccc21. The molecule has 1 fully saturated rings. The zero-order valence-corrected chi connectivity index (χ0v) is 30.1. The largest absolute Gasteiger partial charge is 0.497 e. The van der Waals surface area contributed by atoms with E-state index in [0.717, 1.165) is 57.3 Å². The fraction of sp³-hybridized carbons (Fsp3) is 0.415. The topological polar surface area (TPSA) is 139 Å². The molecule has 2 heterocycles. The fourth-order valence-corrected chi connectivity index (χ4v) is 7.88. The Balaban J connectivity index is 1.18. The Morgan fingerprint density at radius 3 is 2.27 bits per heavy atom. The van der Waals surface area contributed by atoms with Crippen molar-refractivity contribution >= 4 is 34.8 Å². The van der Waals surface area contributed by atoms with Crippen LogP contribution in [-0.2, 0) is 30.3 Å². The number of nitrogens with one attached hydrogen (secondary N) is 3. The van der Waals surface area contributed by atoms with Crippen LogP contribution < -0.4 is 15.4 Å². The summed E-state index contributed by atoms with van der Waals surface area (Å²) in [7, 11) is 2.92. The van der Waals surface area contributed by atoms with Crippen molar-refractivity contribution in [3.8, 4) is 16.9 Å². The number of aromatic amines is 1. The van der Waals surface area contributed by atoms with Gasteiger partial charge in [-0.3, -0.25) is 9.59 Å². The molecular weight excluding hydrogens is 660 g/mol. The first-order valence-corrected chi connectivity index (χ1v) is 18.2. The van der Waals surface area contributed by atoms with Gasteiger partial charge in [0, 0.05) is 47.5 Å². The van der Waals surface area contributed by atoms with Crippen molar-refractivity contribution in [2.24, 2.45) is 5.92 Å². The first kappa shape index (κ1) is 35.1. The van der Waals surface area contributed by atoms with Crippen LogP contribution >= 0.6 is 0 Å². The van der Waals surface area contributed by atoms with E-state index in [0.29, 0.717) is 12.2 Å². The van der Waals surface area contributed by atoms with E-state index in [1.54, 1.807) is 12.0 Å². The van der Waals surface area contributed by atoms with Crippen LogP contribution in [0.5, 0.6) is 5.75 Å². The minimum absolute atomic E-state index is 0.0135. The number of rotatable bonds is 12. The summed E-state index contributed by atoms with van der Waals surface area (Å²) < 4.78 is 16.6. The van der Waals surface area contributed by atoms with Gasteiger partial charge in [-0.15, -0.1) is 0 Å². The Labute approximate surface area is 303 Å². The normalized spacial score (nSPS) is 18.3. The zero-order valence-electron chi connectivity index (χ0n) is 30.1. The van der Waals surface area contributed by atoms with Crippen LogP contribution in [0.1, 0.15) is 80.3 Å². The van der Waals surface area contributed by atoms with E-state index in [9.17, 15) is 19.2 Å². The average Bonchev–Trinajstić information content (AvgIpc) is 3.80. The molecule has 0 spiro atoms. The number of alkyl carbamates (subject to hydrolysis) is 1. The molecule has 52 heavy (non-hydrogen) atoms. The van der Waals surface area contributed by atoms with Gasteiger partial charge in [-0.1, -0.05) is 62.4 Å². The molecule has 1 aromatic heterocycles. The molecule has 0 saturated heterocycles. The lowest BCUT2D eigenvalue weighted by Crippen LogP contribution is -2.58. The maximum Gasteiger partial charge on any atom is 0.407 e. The van der Waals surface area contributed by atoms with E-state index in [2.05, 4.69) is 41.6 Å². The van der Waals surface area contributed by atoms with Gasteiger partial charge < -0.3 is 34.7 Å². The maximum atomic E-state index is 14.9. The van der Waals surface area contributed by atoms with Crippen molar-refractivity contribution in [3.63, 3.8) is 0 Å². The highest BCUT2D eigenvalue weighted by atomic mass is 16.5. The van der Waals surface area contributed by atoms with E-state index in [1.165, 1.54) is 7.11 Å². The van der Waals surface area contributed by atoms with Crippen molar-refractivity contribution in [1.29, 1.82) is 0 Å². The van der Waals surface area contributed by atoms with Gasteiger partial charge in [-0.05, 0) is 71.6 Å². The minimum atomic E-state index is -1.14. The highest BCUT2D eigenvalue weighted by Crippen LogP contribution is 2.45. The molecule has 11 heteroatoms. The zero-order chi connectivity index (χ0) is 36.5. The number of ether oxygens (including phenoxy) is 3. The van der Waals surface area contributed by atoms with Crippen molar-refractivity contribution in [2.45, 2.75) is 82.5 Å². The predicted molar refractivity (Wildman–Crippen MR) is 196 cm³/mol. The van der Waals surface area contributed by atoms with Gasteiger partial charge in [0.15, 0.2) is 0 Å². The summed E-state index contributed by atoms with van der Waals surface area (Å²) in [6.45, 7) is 4.18. The summed E-state index contributed by atoms with van der Waals surface area (Å²) in [4.78, 5) is 60.1. The third-order valence-corrected chi connectivity index (χ3v) is 10.5. The number of carbonyl (C=O) groups excluding carboxylic acids is 4. The molecular formula is C41H46N4O7. The Morgan fingerprint density at radius 2 is 1.63 bits per heavy atom. The van der Waals surface area contributed by atoms with Crippen LogP contribution in [0.4, 0.5) is 4.79 Å². The molecule has 0 unspecified atom stereocenters. The summed E-state index contributed by atoms with van der Waals surface area (Å²) >= 11 is 0. The van der Waals surface area contributed by atoms with E-state index in [1.807, 2.05) is 54.6 Å². The number of esters is 1. The Kier molecular flexibility index (Phi) is 9.94. The Morgan fingerprint density at radius 1 is 0.942 bits per heavy atom. The van der Waals surface area contributed by atoms with E-state index in [4.69, 9.17) is 14.2 Å². The number of methoxy groups -OCH3 is 2. The molecule has 7 rings (SSSR count). The van der Waals surface area contributed by atoms with Gasteiger partial charge in [0.1, 0.15) is 24.4 Å². The molecule has 272 valence electrons. The minimum Gasteiger partial charge on any atom is -0.497 e. The maximum absolute atomic E-state index is 14.9. The smallest absolute Gasteiger partial charge is 0.407 e. The number of H-pyrrole nitrogens is 1. The number of hydrogen-bond donors (Lipinski definition) is 3. The summed E-state index contributed by atoms with van der Waals surface area (Å²) in [5.41, 5.74) is 6.95. The lowest BCUT2D eigenvalue weighted by atomic mass is 9.86. The lowest BCUT2D eigenvalue weighted by Gasteiger charge is -2.43. The summed E-state index contributed by atoms with van der Waals surface area (Å²) in [6.07, 6.45) is 1.88. The quantitative estimate of drug-likeness (QED) is 0.150. The number of benzene rings is 3. The summed E-state index contributed by atoms with van der Waals surface area (Å²) in [5, 5.41) is 6.73. The van der Waals surface area contributed by atoms with Crippen molar-refractivity contribution in [2.75, 3.05) is 20.8 Å². The highest BCUT2D eigenvalue weighted by molar-refractivity contribution is 5.94. The predicted octanol–water partition coefficient (Wildman–Crippen LogP) is 6.16. The van der Waals surface area contributed by atoms with Crippen LogP contribution in [0.3, 0.4) is 0 Å². The molecule has 0 bridgehead atoms. The number of aromatic nitrogens is 1. The van der Waals surface area contributed by atoms with Crippen molar-refractivity contribution in [1.82, 2.24) is 20.5 Å². The second-order valence-electron chi connectivity index (χ2n) is 14.5. The lowest BCUT2D eigenvalue weighted by molar-refractivity contribution is -0.157. The van der Waals surface area contributed by atoms with Crippen LogP contribution in [0.2, 0.25) is 0 Å². The number of carbonyl (C=O) groups is 4. The first-order chi connectivity index (χ1) is 25.2. The van der Waals surface area contributed by atoms with Gasteiger partial charge in [0.05, 0.1) is 20.3 Å². The molecule has 1 aliphatic heterocycles. The van der Waals surface area contributed by atoms with Crippen molar-refractivity contribution < 1.29 is 33.4 Å². The molecule has 0 radical (unpaired) electrons. The standard InChI is InChI=1S/C41H46N4O7/c1-23(2)19-35-38-31(30-16-15-25(50-3)20-34(30)43-38)21-36(40(48)51-4)45(35)39(47)33(17-18-37(46)42-24-13-14-24)44-41(49)52-22-32-28-11-7-5-9-26(28)27-10-6-8-12-29(27)32/h5-12,15-16,20,23-24,32-33,35-36,43H,13-14,17-19,21-22H2,1-4H3,(H,42,46)(H,44,49)/t33-,35-,36-/m0/s1. The fourth-order valence-electron chi connectivity index (χ4n) is 7.88. The average molecular weight is 707 g/mol. The van der Waals surface area contributed by atoms with Gasteiger partial charge in [0.2, 0.25) is 11.8 Å². The van der Waals surface area contributed by atoms with E-state index < -0.39 is 36.1 Å². The molecule has 4 aromatic rings. The summed E-state index contributed by atoms with van der Waals surface area (Å²) in [6, 6.07) is 19.4. The Bertz CT molecular complexity index is 1950. The number of fused-ring (bicyclic) bond motifs is 6. The second-order valence-corrected chi connectivity index (χ2v) is 14.5. The van der Waals surface area contributed by atoms with Crippen LogP contribution in [0.15, 0.2) is 66.7 Å². The molecule has 3 atom stereocenters. The van der Waals surface area contributed by atoms with Gasteiger partial charge >= 0.3 is 12.1 Å². The molecule has 3 amide bonds. The van der Waals surface area contributed by atoms with Crippen LogP contribution in [-0.4, -0.2) is 72.7 Å². The molecule has 3 aliphatic rings. The summed E-state index contributed by atoms with van der Waals surface area (Å²) in [5.74, 6) is -0.568. The van der Waals surface area contributed by atoms with Gasteiger partial charge in [-0.25, -0.2) is 9.59 Å². The van der Waals surface area contributed by atoms with Gasteiger partial charge in [0.25, 0.3) is 0 Å². The van der Waals surface area contributed by atoms with Crippen LogP contribution in [0.25, 0.3) is 22.0 Å². The highest BCUT2D eigenvalue weighted by Gasteiger charge is 2.46. The van der Waals surface area contributed by atoms with Gasteiger partial charge in [-0.2, -0.15) is 0 Å². The van der Waals surface area contributed by atoms with Crippen molar-refractivity contribution in [3.05, 3.63) is 89.1 Å². The molecule has 2 aliphatic carbocycles. The number of hydrogen-bond acceptors (Lipinski definition) is 7. The monoisotopic (exact) mass is 706 g/mol. The van der Waals surface area contributed by atoms with Crippen LogP contribution in [0, 0.1) is 5.92 Å². The number of nitrogens with zero attached hydrogens (tertiary/aromatic N) is 1. The van der Waals surface area contributed by atoms with E-state index >= 15 is 0 Å².